The molecule has 0 saturated heterocycles. The molecule has 0 bridgehead atoms. The van der Waals surface area contributed by atoms with Crippen LogP contribution in [-0.4, -0.2) is 11.7 Å². The van der Waals surface area contributed by atoms with Gasteiger partial charge in [-0.3, -0.25) is 0 Å². The van der Waals surface area contributed by atoms with Crippen molar-refractivity contribution in [1.82, 2.24) is 5.32 Å². The molecule has 0 aromatic heterocycles. The number of aliphatic hydroxyl groups is 1. The van der Waals surface area contributed by atoms with E-state index in [4.69, 9.17) is 27.9 Å². The van der Waals surface area contributed by atoms with Crippen LogP contribution in [0.2, 0.25) is 10.0 Å². The third kappa shape index (κ3) is 5.98. The number of hydrogen-bond donors (Lipinski definition) is 2. The molecule has 0 unspecified atom stereocenters. The lowest BCUT2D eigenvalue weighted by molar-refractivity contribution is 0.174. The smallest absolute Gasteiger partial charge is 0.124 e. The summed E-state index contributed by atoms with van der Waals surface area (Å²) >= 11 is 12.2. The summed E-state index contributed by atoms with van der Waals surface area (Å²) in [5.74, 6) is 0.751. The zero-order valence-electron chi connectivity index (χ0n) is 14.7. The molecule has 3 aromatic rings. The van der Waals surface area contributed by atoms with E-state index in [1.54, 1.807) is 6.07 Å². The minimum Gasteiger partial charge on any atom is -0.489 e. The highest BCUT2D eigenvalue weighted by atomic mass is 35.5. The van der Waals surface area contributed by atoms with E-state index in [2.05, 4.69) is 5.32 Å². The predicted octanol–water partition coefficient (Wildman–Crippen LogP) is 5.40. The van der Waals surface area contributed by atoms with E-state index in [1.165, 1.54) is 0 Å². The maximum absolute atomic E-state index is 10.3. The molecule has 1 atom stereocenters. The molecule has 3 nitrogen and oxygen atoms in total. The minimum absolute atomic E-state index is 0.418. The van der Waals surface area contributed by atoms with E-state index in [1.807, 2.05) is 66.7 Å². The van der Waals surface area contributed by atoms with Gasteiger partial charge in [-0.2, -0.15) is 0 Å². The van der Waals surface area contributed by atoms with Crippen molar-refractivity contribution in [2.24, 2.45) is 0 Å². The SMILES string of the molecule is O[C@H](CNCc1cc(Cl)ccc1OCc1cccc(Cl)c1)c1ccccc1. The Hall–Kier alpha value is -2.04. The Morgan fingerprint density at radius 2 is 1.67 bits per heavy atom. The average Bonchev–Trinajstić information content (AvgIpc) is 2.68. The summed E-state index contributed by atoms with van der Waals surface area (Å²) in [5.41, 5.74) is 2.81. The second kappa shape index (κ2) is 9.77. The topological polar surface area (TPSA) is 41.5 Å². The van der Waals surface area contributed by atoms with Crippen LogP contribution in [0.25, 0.3) is 0 Å². The lowest BCUT2D eigenvalue weighted by Crippen LogP contribution is -2.21. The molecule has 0 heterocycles. The first-order chi connectivity index (χ1) is 13.1. The highest BCUT2D eigenvalue weighted by Crippen LogP contribution is 2.24. The molecule has 140 valence electrons. The third-order valence-corrected chi connectivity index (χ3v) is 4.61. The number of aliphatic hydroxyl groups excluding tert-OH is 1. The maximum Gasteiger partial charge on any atom is 0.124 e. The summed E-state index contributed by atoms with van der Waals surface area (Å²) in [7, 11) is 0. The molecule has 0 aliphatic carbocycles. The Morgan fingerprint density at radius 1 is 0.889 bits per heavy atom. The van der Waals surface area contributed by atoms with Gasteiger partial charge in [0.1, 0.15) is 12.4 Å². The van der Waals surface area contributed by atoms with Gasteiger partial charge in [-0.1, -0.05) is 65.7 Å². The van der Waals surface area contributed by atoms with Gasteiger partial charge in [-0.05, 0) is 41.5 Å². The second-order valence-electron chi connectivity index (χ2n) is 6.23. The Kier molecular flexibility index (Phi) is 7.13. The molecule has 0 amide bonds. The fourth-order valence-corrected chi connectivity index (χ4v) is 3.16. The first-order valence-electron chi connectivity index (χ1n) is 8.71. The lowest BCUT2D eigenvalue weighted by Gasteiger charge is -2.15. The Bertz CT molecular complexity index is 871. The van der Waals surface area contributed by atoms with Gasteiger partial charge in [0.25, 0.3) is 0 Å². The molecule has 5 heteroatoms. The van der Waals surface area contributed by atoms with Crippen molar-refractivity contribution in [3.8, 4) is 5.75 Å². The maximum atomic E-state index is 10.3. The minimum atomic E-state index is -0.568. The standard InChI is InChI=1S/C22H21Cl2NO2/c23-19-8-4-5-16(11-19)15-27-22-10-9-20(24)12-18(22)13-25-14-21(26)17-6-2-1-3-7-17/h1-12,21,25-26H,13-15H2/t21-/m1/s1. The van der Waals surface area contributed by atoms with Crippen molar-refractivity contribution in [3.63, 3.8) is 0 Å². The van der Waals surface area contributed by atoms with Gasteiger partial charge in [-0.25, -0.2) is 0 Å². The molecular weight excluding hydrogens is 381 g/mol. The van der Waals surface area contributed by atoms with E-state index in [9.17, 15) is 5.11 Å². The monoisotopic (exact) mass is 401 g/mol. The first-order valence-corrected chi connectivity index (χ1v) is 9.47. The summed E-state index contributed by atoms with van der Waals surface area (Å²) in [6.07, 6.45) is -0.568. The number of nitrogens with one attached hydrogen (secondary N) is 1. The fraction of sp³-hybridized carbons (Fsp3) is 0.182. The Morgan fingerprint density at radius 3 is 2.44 bits per heavy atom. The zero-order valence-corrected chi connectivity index (χ0v) is 16.3. The molecule has 27 heavy (non-hydrogen) atoms. The summed E-state index contributed by atoms with van der Waals surface area (Å²) in [4.78, 5) is 0. The van der Waals surface area contributed by atoms with Crippen LogP contribution in [0.15, 0.2) is 72.8 Å². The molecule has 0 saturated carbocycles. The number of ether oxygens (including phenoxy) is 1. The van der Waals surface area contributed by atoms with Gasteiger partial charge in [-0.15, -0.1) is 0 Å². The van der Waals surface area contributed by atoms with Crippen molar-refractivity contribution in [1.29, 1.82) is 0 Å². The average molecular weight is 402 g/mol. The van der Waals surface area contributed by atoms with Gasteiger partial charge in [0.2, 0.25) is 0 Å². The number of benzene rings is 3. The van der Waals surface area contributed by atoms with E-state index < -0.39 is 6.10 Å². The van der Waals surface area contributed by atoms with Crippen LogP contribution in [0.3, 0.4) is 0 Å². The molecule has 0 spiro atoms. The van der Waals surface area contributed by atoms with Crippen molar-refractivity contribution in [3.05, 3.63) is 99.5 Å². The van der Waals surface area contributed by atoms with Crippen LogP contribution < -0.4 is 10.1 Å². The van der Waals surface area contributed by atoms with Crippen LogP contribution >= 0.6 is 23.2 Å². The fourth-order valence-electron chi connectivity index (χ4n) is 2.75. The van der Waals surface area contributed by atoms with E-state index in [0.29, 0.717) is 29.7 Å². The van der Waals surface area contributed by atoms with Gasteiger partial charge in [0, 0.05) is 28.7 Å². The Labute approximate surface area is 169 Å². The number of halogens is 2. The van der Waals surface area contributed by atoms with E-state index in [0.717, 1.165) is 22.4 Å². The molecule has 0 radical (unpaired) electrons. The summed E-state index contributed by atoms with van der Waals surface area (Å²) < 4.78 is 5.96. The molecule has 0 aliphatic heterocycles. The summed E-state index contributed by atoms with van der Waals surface area (Å²) in [6, 6.07) is 22.7. The van der Waals surface area contributed by atoms with Gasteiger partial charge in [0.15, 0.2) is 0 Å². The first kappa shape index (κ1) is 19.7. The van der Waals surface area contributed by atoms with Crippen LogP contribution in [0.5, 0.6) is 5.75 Å². The van der Waals surface area contributed by atoms with Crippen LogP contribution in [0.1, 0.15) is 22.8 Å². The van der Waals surface area contributed by atoms with Gasteiger partial charge >= 0.3 is 0 Å². The van der Waals surface area contributed by atoms with Crippen molar-refractivity contribution in [2.75, 3.05) is 6.54 Å². The van der Waals surface area contributed by atoms with E-state index >= 15 is 0 Å². The van der Waals surface area contributed by atoms with Crippen LogP contribution in [0, 0.1) is 0 Å². The third-order valence-electron chi connectivity index (χ3n) is 4.14. The molecule has 0 fully saturated rings. The van der Waals surface area contributed by atoms with Gasteiger partial charge < -0.3 is 15.2 Å². The lowest BCUT2D eigenvalue weighted by atomic mass is 10.1. The Balaban J connectivity index is 1.60. The predicted molar refractivity (Wildman–Crippen MR) is 110 cm³/mol. The normalized spacial score (nSPS) is 12.0. The van der Waals surface area contributed by atoms with Crippen molar-refractivity contribution in [2.45, 2.75) is 19.3 Å². The van der Waals surface area contributed by atoms with E-state index in [-0.39, 0.29) is 0 Å². The molecule has 0 aliphatic rings. The number of hydrogen-bond acceptors (Lipinski definition) is 3. The highest BCUT2D eigenvalue weighted by molar-refractivity contribution is 6.30. The molecule has 2 N–H and O–H groups in total. The largest absolute Gasteiger partial charge is 0.489 e. The molecular formula is C22H21Cl2NO2. The summed E-state index contributed by atoms with van der Waals surface area (Å²) in [5, 5.41) is 14.9. The summed E-state index contributed by atoms with van der Waals surface area (Å²) in [6.45, 7) is 1.39. The van der Waals surface area contributed by atoms with Gasteiger partial charge in [0.05, 0.1) is 6.10 Å². The van der Waals surface area contributed by atoms with Crippen LogP contribution in [-0.2, 0) is 13.2 Å². The molecule has 3 aromatic carbocycles. The highest BCUT2D eigenvalue weighted by Gasteiger charge is 2.09. The molecule has 3 rings (SSSR count). The van der Waals surface area contributed by atoms with Crippen molar-refractivity contribution < 1.29 is 9.84 Å². The second-order valence-corrected chi connectivity index (χ2v) is 7.10. The van der Waals surface area contributed by atoms with Crippen LogP contribution in [0.4, 0.5) is 0 Å². The number of rotatable bonds is 8. The zero-order chi connectivity index (χ0) is 19.1. The van der Waals surface area contributed by atoms with Crippen molar-refractivity contribution >= 4 is 23.2 Å². The quantitative estimate of drug-likeness (QED) is 0.531.